The molecule has 1 aromatic rings. The molecule has 0 spiro atoms. The fourth-order valence-corrected chi connectivity index (χ4v) is 3.33. The summed E-state index contributed by atoms with van der Waals surface area (Å²) in [6, 6.07) is 3.39. The van der Waals surface area contributed by atoms with Crippen molar-refractivity contribution in [2.45, 2.75) is 4.90 Å². The van der Waals surface area contributed by atoms with Crippen LogP contribution >= 0.6 is 0 Å². The Balaban J connectivity index is 2.40. The zero-order valence-corrected chi connectivity index (χ0v) is 10.7. The van der Waals surface area contributed by atoms with Crippen LogP contribution in [0.2, 0.25) is 0 Å². The summed E-state index contributed by atoms with van der Waals surface area (Å²) in [4.78, 5) is -0.0201. The number of morpholine rings is 1. The number of nitrogens with zero attached hydrogens (tertiary/aromatic N) is 1. The Morgan fingerprint density at radius 2 is 2.00 bits per heavy atom. The summed E-state index contributed by atoms with van der Waals surface area (Å²) in [5.41, 5.74) is 0. The van der Waals surface area contributed by atoms with Crippen LogP contribution in [0.1, 0.15) is 0 Å². The lowest BCUT2D eigenvalue weighted by molar-refractivity contribution is 0.0729. The van der Waals surface area contributed by atoms with Crippen molar-refractivity contribution in [3.63, 3.8) is 0 Å². The quantitative estimate of drug-likeness (QED) is 0.821. The summed E-state index contributed by atoms with van der Waals surface area (Å²) in [5.74, 6) is -0.519. The molecule has 0 atom stereocenters. The molecule has 0 saturated carbocycles. The number of halogens is 1. The summed E-state index contributed by atoms with van der Waals surface area (Å²) >= 11 is 0. The molecule has 0 bridgehead atoms. The zero-order valence-electron chi connectivity index (χ0n) is 9.93. The molecule has 0 aromatic heterocycles. The molecule has 1 heterocycles. The largest absolute Gasteiger partial charge is 0.495 e. The highest BCUT2D eigenvalue weighted by atomic mass is 32.2. The van der Waals surface area contributed by atoms with Crippen LogP contribution in [0.15, 0.2) is 23.1 Å². The van der Waals surface area contributed by atoms with Crippen LogP contribution in [0, 0.1) is 5.82 Å². The molecular formula is C11H14FNO4S. The van der Waals surface area contributed by atoms with Crippen molar-refractivity contribution in [1.29, 1.82) is 0 Å². The Hall–Kier alpha value is -1.18. The fourth-order valence-electron chi connectivity index (χ4n) is 1.78. The lowest BCUT2D eigenvalue weighted by Gasteiger charge is -2.26. The van der Waals surface area contributed by atoms with E-state index < -0.39 is 15.8 Å². The highest BCUT2D eigenvalue weighted by Gasteiger charge is 2.29. The lowest BCUT2D eigenvalue weighted by atomic mass is 10.3. The molecule has 100 valence electrons. The second-order valence-electron chi connectivity index (χ2n) is 3.81. The van der Waals surface area contributed by atoms with Crippen LogP contribution in [0.25, 0.3) is 0 Å². The minimum absolute atomic E-state index is 0.0153. The number of hydrogen-bond donors (Lipinski definition) is 0. The molecule has 0 unspecified atom stereocenters. The smallest absolute Gasteiger partial charge is 0.246 e. The third-order valence-electron chi connectivity index (χ3n) is 2.71. The van der Waals surface area contributed by atoms with Gasteiger partial charge >= 0.3 is 0 Å². The number of rotatable bonds is 3. The van der Waals surface area contributed by atoms with Crippen LogP contribution in [0.5, 0.6) is 5.75 Å². The van der Waals surface area contributed by atoms with Gasteiger partial charge in [0, 0.05) is 19.2 Å². The first kappa shape index (κ1) is 13.3. The highest BCUT2D eigenvalue weighted by Crippen LogP contribution is 2.27. The van der Waals surface area contributed by atoms with Gasteiger partial charge in [0.25, 0.3) is 0 Å². The van der Waals surface area contributed by atoms with Gasteiger partial charge in [0.15, 0.2) is 0 Å². The summed E-state index contributed by atoms with van der Waals surface area (Å²) in [5, 5.41) is 0. The molecule has 7 heteroatoms. The molecule has 1 saturated heterocycles. The van der Waals surface area contributed by atoms with E-state index in [0.29, 0.717) is 26.3 Å². The van der Waals surface area contributed by atoms with E-state index in [0.717, 1.165) is 12.1 Å². The molecule has 0 aliphatic carbocycles. The van der Waals surface area contributed by atoms with Crippen LogP contribution in [-0.2, 0) is 14.8 Å². The predicted octanol–water partition coefficient (Wildman–Crippen LogP) is 0.855. The first-order chi connectivity index (χ1) is 8.55. The maximum Gasteiger partial charge on any atom is 0.246 e. The topological polar surface area (TPSA) is 55.8 Å². The molecule has 5 nitrogen and oxygen atoms in total. The molecule has 1 aliphatic rings. The van der Waals surface area contributed by atoms with E-state index in [9.17, 15) is 12.8 Å². The van der Waals surface area contributed by atoms with Crippen molar-refractivity contribution in [2.75, 3.05) is 33.4 Å². The van der Waals surface area contributed by atoms with Gasteiger partial charge in [0.05, 0.1) is 20.3 Å². The second kappa shape index (κ2) is 5.21. The maximum absolute atomic E-state index is 13.1. The third kappa shape index (κ3) is 2.47. The minimum Gasteiger partial charge on any atom is -0.495 e. The summed E-state index contributed by atoms with van der Waals surface area (Å²) in [7, 11) is -2.35. The monoisotopic (exact) mass is 275 g/mol. The van der Waals surface area contributed by atoms with E-state index in [1.807, 2.05) is 0 Å². The average Bonchev–Trinajstić information content (AvgIpc) is 2.39. The number of methoxy groups -OCH3 is 1. The van der Waals surface area contributed by atoms with Gasteiger partial charge in [-0.2, -0.15) is 4.31 Å². The van der Waals surface area contributed by atoms with E-state index in [4.69, 9.17) is 9.47 Å². The van der Waals surface area contributed by atoms with Crippen molar-refractivity contribution in [2.24, 2.45) is 0 Å². The minimum atomic E-state index is -3.66. The Morgan fingerprint density at radius 3 is 2.61 bits per heavy atom. The maximum atomic E-state index is 13.1. The number of benzene rings is 1. The standard InChI is InChI=1S/C11H14FNO4S/c1-16-10-8-9(12)2-3-11(10)18(14,15)13-4-6-17-7-5-13/h2-3,8H,4-7H2,1H3. The van der Waals surface area contributed by atoms with Crippen molar-refractivity contribution in [1.82, 2.24) is 4.31 Å². The van der Waals surface area contributed by atoms with Gasteiger partial charge in [-0.05, 0) is 12.1 Å². The normalized spacial score (nSPS) is 17.7. The SMILES string of the molecule is COc1cc(F)ccc1S(=O)(=O)N1CCOCC1. The predicted molar refractivity (Wildman–Crippen MR) is 62.5 cm³/mol. The van der Waals surface area contributed by atoms with Gasteiger partial charge in [-0.15, -0.1) is 0 Å². The summed E-state index contributed by atoms with van der Waals surface area (Å²) in [6.45, 7) is 1.32. The fraction of sp³-hybridized carbons (Fsp3) is 0.455. The van der Waals surface area contributed by atoms with Gasteiger partial charge in [-0.1, -0.05) is 0 Å². The van der Waals surface area contributed by atoms with Crippen molar-refractivity contribution >= 4 is 10.0 Å². The molecule has 0 N–H and O–H groups in total. The molecule has 1 aliphatic heterocycles. The molecule has 0 amide bonds. The van der Waals surface area contributed by atoms with Gasteiger partial charge in [-0.3, -0.25) is 0 Å². The van der Waals surface area contributed by atoms with E-state index in [2.05, 4.69) is 0 Å². The number of ether oxygens (including phenoxy) is 2. The Bertz CT molecular complexity index is 526. The van der Waals surface area contributed by atoms with Crippen LogP contribution in [-0.4, -0.2) is 46.1 Å². The van der Waals surface area contributed by atoms with Gasteiger partial charge in [0.2, 0.25) is 10.0 Å². The van der Waals surface area contributed by atoms with Crippen LogP contribution in [0.4, 0.5) is 4.39 Å². The Morgan fingerprint density at radius 1 is 1.33 bits per heavy atom. The Labute approximate surface area is 105 Å². The average molecular weight is 275 g/mol. The molecule has 18 heavy (non-hydrogen) atoms. The zero-order chi connectivity index (χ0) is 13.2. The molecule has 1 fully saturated rings. The van der Waals surface area contributed by atoms with E-state index in [1.54, 1.807) is 0 Å². The van der Waals surface area contributed by atoms with Crippen LogP contribution in [0.3, 0.4) is 0 Å². The molecule has 2 rings (SSSR count). The third-order valence-corrected chi connectivity index (χ3v) is 4.65. The lowest BCUT2D eigenvalue weighted by Crippen LogP contribution is -2.40. The number of hydrogen-bond acceptors (Lipinski definition) is 4. The molecular weight excluding hydrogens is 261 g/mol. The number of sulfonamides is 1. The summed E-state index contributed by atoms with van der Waals surface area (Å²) < 4.78 is 49.1. The second-order valence-corrected chi connectivity index (χ2v) is 5.72. The van der Waals surface area contributed by atoms with Crippen molar-refractivity contribution in [3.05, 3.63) is 24.0 Å². The molecule has 0 radical (unpaired) electrons. The van der Waals surface area contributed by atoms with Crippen molar-refractivity contribution in [3.8, 4) is 5.75 Å². The van der Waals surface area contributed by atoms with Gasteiger partial charge < -0.3 is 9.47 Å². The first-order valence-electron chi connectivity index (χ1n) is 5.47. The van der Waals surface area contributed by atoms with Gasteiger partial charge in [-0.25, -0.2) is 12.8 Å². The van der Waals surface area contributed by atoms with E-state index in [1.165, 1.54) is 17.5 Å². The highest BCUT2D eigenvalue weighted by molar-refractivity contribution is 7.89. The first-order valence-corrected chi connectivity index (χ1v) is 6.91. The van der Waals surface area contributed by atoms with E-state index >= 15 is 0 Å². The van der Waals surface area contributed by atoms with Crippen LogP contribution < -0.4 is 4.74 Å². The van der Waals surface area contributed by atoms with Crippen molar-refractivity contribution < 1.29 is 22.3 Å². The molecule has 1 aromatic carbocycles. The van der Waals surface area contributed by atoms with Gasteiger partial charge in [0.1, 0.15) is 16.5 Å². The van der Waals surface area contributed by atoms with E-state index in [-0.39, 0.29) is 10.6 Å². The summed E-state index contributed by atoms with van der Waals surface area (Å²) in [6.07, 6.45) is 0. The Kier molecular flexibility index (Phi) is 3.84.